The van der Waals surface area contributed by atoms with E-state index in [9.17, 15) is 9.18 Å². The fourth-order valence-corrected chi connectivity index (χ4v) is 3.21. The van der Waals surface area contributed by atoms with Crippen molar-refractivity contribution >= 4 is 17.8 Å². The Labute approximate surface area is 152 Å². The molecule has 1 aromatic carbocycles. The van der Waals surface area contributed by atoms with E-state index in [2.05, 4.69) is 28.9 Å². The zero-order chi connectivity index (χ0) is 18.7. The van der Waals surface area contributed by atoms with Gasteiger partial charge in [0.25, 0.3) is 5.91 Å². The van der Waals surface area contributed by atoms with Crippen LogP contribution in [0.4, 0.5) is 10.1 Å². The lowest BCUT2D eigenvalue weighted by molar-refractivity contribution is -0.112. The quantitative estimate of drug-likeness (QED) is 0.796. The van der Waals surface area contributed by atoms with E-state index in [1.54, 1.807) is 30.0 Å². The van der Waals surface area contributed by atoms with Crippen LogP contribution >= 0.6 is 0 Å². The number of fused-ring (bicyclic) bond motifs is 1. The van der Waals surface area contributed by atoms with Gasteiger partial charge in [-0.1, -0.05) is 37.2 Å². The van der Waals surface area contributed by atoms with Crippen LogP contribution in [-0.4, -0.2) is 48.4 Å². The number of carbonyl (C=O) groups excluding carboxylic acids is 1. The molecule has 3 rings (SSSR count). The van der Waals surface area contributed by atoms with Crippen molar-refractivity contribution in [2.45, 2.75) is 26.8 Å². The molecule has 1 aromatic heterocycles. The van der Waals surface area contributed by atoms with Crippen LogP contribution in [0.1, 0.15) is 36.9 Å². The average Bonchev–Trinajstić information content (AvgIpc) is 2.95. The van der Waals surface area contributed by atoms with Gasteiger partial charge in [-0.25, -0.2) is 4.39 Å². The summed E-state index contributed by atoms with van der Waals surface area (Å²) in [5.41, 5.74) is 1.43. The first-order chi connectivity index (χ1) is 12.6. The number of carbonyl (C=O) groups is 1. The molecule has 1 unspecified atom stereocenters. The highest BCUT2D eigenvalue weighted by Crippen LogP contribution is 2.37. The minimum atomic E-state index is -0.703. The molecule has 2 aromatic rings. The first-order valence-corrected chi connectivity index (χ1v) is 8.84. The largest absolute Gasteiger partial charge is 0.359 e. The highest BCUT2D eigenvalue weighted by atomic mass is 19.1. The second kappa shape index (κ2) is 7.78. The summed E-state index contributed by atoms with van der Waals surface area (Å²) in [4.78, 5) is 20.8. The first kappa shape index (κ1) is 18.3. The molecule has 0 saturated carbocycles. The normalized spacial score (nSPS) is 16.9. The van der Waals surface area contributed by atoms with Gasteiger partial charge in [-0.15, -0.1) is 0 Å². The predicted octanol–water partition coefficient (Wildman–Crippen LogP) is 2.97. The molecule has 1 aliphatic heterocycles. The van der Waals surface area contributed by atoms with Crippen LogP contribution in [0.5, 0.6) is 0 Å². The maximum atomic E-state index is 14.3. The van der Waals surface area contributed by atoms with Crippen molar-refractivity contribution in [3.63, 3.8) is 0 Å². The fraction of sp³-hybridized carbons (Fsp3) is 0.421. The molecule has 6 nitrogen and oxygen atoms in total. The Morgan fingerprint density at radius 2 is 2.00 bits per heavy atom. The average molecular weight is 358 g/mol. The van der Waals surface area contributed by atoms with E-state index in [-0.39, 0.29) is 11.7 Å². The molecule has 1 atom stereocenters. The van der Waals surface area contributed by atoms with Gasteiger partial charge in [-0.3, -0.25) is 9.79 Å². The molecule has 138 valence electrons. The Hall–Kier alpha value is -2.54. The molecule has 0 aliphatic carbocycles. The van der Waals surface area contributed by atoms with Gasteiger partial charge in [-0.2, -0.15) is 0 Å². The first-order valence-electron chi connectivity index (χ1n) is 8.84. The van der Waals surface area contributed by atoms with Crippen molar-refractivity contribution < 1.29 is 13.7 Å². The third-order valence-electron chi connectivity index (χ3n) is 4.72. The number of amides is 1. The molecule has 7 heteroatoms. The van der Waals surface area contributed by atoms with Crippen LogP contribution < -0.4 is 4.90 Å². The maximum absolute atomic E-state index is 14.3. The second-order valence-electron chi connectivity index (χ2n) is 6.19. The molecular weight excluding hydrogens is 335 g/mol. The number of rotatable bonds is 6. The van der Waals surface area contributed by atoms with Crippen LogP contribution in [0, 0.1) is 12.7 Å². The summed E-state index contributed by atoms with van der Waals surface area (Å²) >= 11 is 0. The molecule has 0 N–H and O–H groups in total. The Morgan fingerprint density at radius 1 is 1.27 bits per heavy atom. The molecule has 0 bridgehead atoms. The number of aryl methyl sites for hydroxylation is 1. The van der Waals surface area contributed by atoms with Crippen LogP contribution in [0.15, 0.2) is 33.8 Å². The van der Waals surface area contributed by atoms with Crippen molar-refractivity contribution in [1.29, 1.82) is 0 Å². The number of likely N-dealkylation sites (N-methyl/N-ethyl adjacent to an activating group) is 1. The van der Waals surface area contributed by atoms with Gasteiger partial charge in [0, 0.05) is 18.7 Å². The van der Waals surface area contributed by atoms with Crippen LogP contribution in [0.25, 0.3) is 0 Å². The van der Waals surface area contributed by atoms with Crippen LogP contribution in [-0.2, 0) is 4.79 Å². The summed E-state index contributed by atoms with van der Waals surface area (Å²) in [5, 5.41) is 4.10. The van der Waals surface area contributed by atoms with E-state index in [0.29, 0.717) is 29.2 Å². The van der Waals surface area contributed by atoms with E-state index in [0.717, 1.165) is 19.6 Å². The van der Waals surface area contributed by atoms with Crippen molar-refractivity contribution in [3.05, 3.63) is 47.1 Å². The third-order valence-corrected chi connectivity index (χ3v) is 4.72. The summed E-state index contributed by atoms with van der Waals surface area (Å²) in [5.74, 6) is -0.103. The molecule has 1 amide bonds. The zero-order valence-electron chi connectivity index (χ0n) is 15.3. The van der Waals surface area contributed by atoms with Crippen LogP contribution in [0.2, 0.25) is 0 Å². The van der Waals surface area contributed by atoms with E-state index < -0.39 is 6.04 Å². The van der Waals surface area contributed by atoms with Gasteiger partial charge in [0.05, 0.1) is 6.21 Å². The Bertz CT molecular complexity index is 814. The maximum Gasteiger partial charge on any atom is 0.269 e. The number of hydrogen-bond donors (Lipinski definition) is 0. The van der Waals surface area contributed by atoms with Crippen molar-refractivity contribution in [1.82, 2.24) is 10.1 Å². The molecule has 26 heavy (non-hydrogen) atoms. The Balaban J connectivity index is 2.00. The number of aromatic nitrogens is 1. The molecule has 0 spiro atoms. The molecule has 1 aliphatic rings. The van der Waals surface area contributed by atoms with Crippen LogP contribution in [0.3, 0.4) is 0 Å². The second-order valence-corrected chi connectivity index (χ2v) is 6.19. The summed E-state index contributed by atoms with van der Waals surface area (Å²) in [6.07, 6.45) is 1.26. The van der Waals surface area contributed by atoms with Crippen molar-refractivity contribution in [2.24, 2.45) is 4.99 Å². The Kier molecular flexibility index (Phi) is 5.46. The Morgan fingerprint density at radius 3 is 2.69 bits per heavy atom. The fourth-order valence-electron chi connectivity index (χ4n) is 3.21. The summed E-state index contributed by atoms with van der Waals surface area (Å²) in [6.45, 7) is 8.94. The van der Waals surface area contributed by atoms with Gasteiger partial charge < -0.3 is 14.3 Å². The van der Waals surface area contributed by atoms with Gasteiger partial charge in [-0.05, 0) is 26.1 Å². The number of halogens is 1. The molecule has 0 radical (unpaired) electrons. The lowest BCUT2D eigenvalue weighted by atomic mass is 10.0. The monoisotopic (exact) mass is 358 g/mol. The molecule has 0 fully saturated rings. The standard InChI is InChI=1S/C19H23FN4O2/c1-4-23(5-2)10-11-24-16(25)12-21-17(14-8-6-7-9-15(14)20)18-19(24)13(3)26-22-18/h6-9,12,17H,4-5,10-11H2,1-3H3. The van der Waals surface area contributed by atoms with Crippen molar-refractivity contribution in [3.8, 4) is 0 Å². The number of hydrogen-bond acceptors (Lipinski definition) is 5. The van der Waals surface area contributed by atoms with Gasteiger partial charge in [0.15, 0.2) is 5.76 Å². The highest BCUT2D eigenvalue weighted by molar-refractivity contribution is 6.33. The van der Waals surface area contributed by atoms with E-state index >= 15 is 0 Å². The minimum Gasteiger partial charge on any atom is -0.359 e. The molecular formula is C19H23FN4O2. The van der Waals surface area contributed by atoms with Gasteiger partial charge in [0.2, 0.25) is 0 Å². The smallest absolute Gasteiger partial charge is 0.269 e. The number of aliphatic imine (C=N–C) groups is 1. The summed E-state index contributed by atoms with van der Waals surface area (Å²) in [7, 11) is 0. The lowest BCUT2D eigenvalue weighted by Crippen LogP contribution is -2.39. The SMILES string of the molecule is CCN(CC)CCN1C(=O)C=NC(c2ccccc2F)c2noc(C)c21. The summed E-state index contributed by atoms with van der Waals surface area (Å²) < 4.78 is 19.7. The number of anilines is 1. The van der Waals surface area contributed by atoms with E-state index in [1.165, 1.54) is 12.3 Å². The number of benzene rings is 1. The predicted molar refractivity (Wildman–Crippen MR) is 98.1 cm³/mol. The molecule has 2 heterocycles. The third kappa shape index (κ3) is 3.39. The van der Waals surface area contributed by atoms with E-state index in [1.807, 2.05) is 0 Å². The number of nitrogens with zero attached hydrogens (tertiary/aromatic N) is 4. The van der Waals surface area contributed by atoms with Gasteiger partial charge >= 0.3 is 0 Å². The summed E-state index contributed by atoms with van der Waals surface area (Å²) in [6, 6.07) is 5.69. The molecule has 0 saturated heterocycles. The zero-order valence-corrected chi connectivity index (χ0v) is 15.3. The topological polar surface area (TPSA) is 61.9 Å². The lowest BCUT2D eigenvalue weighted by Gasteiger charge is -2.25. The van der Waals surface area contributed by atoms with Gasteiger partial charge in [0.1, 0.15) is 23.2 Å². The van der Waals surface area contributed by atoms with Crippen molar-refractivity contribution in [2.75, 3.05) is 31.1 Å². The van der Waals surface area contributed by atoms with E-state index in [4.69, 9.17) is 4.52 Å². The minimum absolute atomic E-state index is 0.247. The highest BCUT2D eigenvalue weighted by Gasteiger charge is 2.33.